The maximum Gasteiger partial charge on any atom is 0.240 e. The Morgan fingerprint density at radius 1 is 1.29 bits per heavy atom. The van der Waals surface area contributed by atoms with Gasteiger partial charge in [0.1, 0.15) is 0 Å². The molecule has 7 heteroatoms. The molecule has 0 atom stereocenters. The molecule has 21 heavy (non-hydrogen) atoms. The summed E-state index contributed by atoms with van der Waals surface area (Å²) in [5, 5.41) is 7.80. The fraction of sp³-hybridized carbons (Fsp3) is 0.429. The first-order valence-corrected chi connectivity index (χ1v) is 8.25. The Morgan fingerprint density at radius 3 is 2.67 bits per heavy atom. The van der Waals surface area contributed by atoms with Crippen molar-refractivity contribution in [2.45, 2.75) is 38.0 Å². The maximum absolute atomic E-state index is 12.1. The largest absolute Gasteiger partial charge is 0.425 e. The lowest BCUT2D eigenvalue weighted by atomic mass is 10.2. The van der Waals surface area contributed by atoms with Crippen LogP contribution in [-0.2, 0) is 16.4 Å². The summed E-state index contributed by atoms with van der Waals surface area (Å²) in [6.07, 6.45) is 0.366. The average Bonchev–Trinajstić information content (AvgIpc) is 2.87. The predicted octanol–water partition coefficient (Wildman–Crippen LogP) is 2.02. The number of nitrogens with zero attached hydrogens (tertiary/aromatic N) is 2. The smallest absolute Gasteiger partial charge is 0.240 e. The van der Waals surface area contributed by atoms with Crippen LogP contribution < -0.4 is 4.72 Å². The zero-order valence-electron chi connectivity index (χ0n) is 12.3. The van der Waals surface area contributed by atoms with Gasteiger partial charge in [0.25, 0.3) is 0 Å². The molecule has 0 aliphatic carbocycles. The van der Waals surface area contributed by atoms with Crippen LogP contribution >= 0.6 is 0 Å². The number of hydrogen-bond acceptors (Lipinski definition) is 5. The lowest BCUT2D eigenvalue weighted by Crippen LogP contribution is -2.26. The van der Waals surface area contributed by atoms with Gasteiger partial charge in [-0.1, -0.05) is 26.0 Å². The van der Waals surface area contributed by atoms with Gasteiger partial charge in [0.2, 0.25) is 21.8 Å². The van der Waals surface area contributed by atoms with Crippen LogP contribution in [0.4, 0.5) is 0 Å². The predicted molar refractivity (Wildman–Crippen MR) is 78.5 cm³/mol. The van der Waals surface area contributed by atoms with Crippen molar-refractivity contribution in [1.29, 1.82) is 0 Å². The monoisotopic (exact) mass is 309 g/mol. The van der Waals surface area contributed by atoms with Crippen molar-refractivity contribution < 1.29 is 12.8 Å². The summed E-state index contributed by atoms with van der Waals surface area (Å²) in [7, 11) is -3.50. The molecule has 0 fully saturated rings. The van der Waals surface area contributed by atoms with E-state index in [9.17, 15) is 8.42 Å². The topological polar surface area (TPSA) is 85.1 Å². The third kappa shape index (κ3) is 4.12. The van der Waals surface area contributed by atoms with Crippen LogP contribution in [0.2, 0.25) is 0 Å². The Kier molecular flexibility index (Phi) is 4.74. The number of benzene rings is 1. The number of aryl methyl sites for hydroxylation is 1. The van der Waals surface area contributed by atoms with Gasteiger partial charge < -0.3 is 4.42 Å². The Morgan fingerprint density at radius 2 is 2.05 bits per heavy atom. The van der Waals surface area contributed by atoms with E-state index in [0.29, 0.717) is 18.2 Å². The molecule has 0 amide bonds. The highest BCUT2D eigenvalue weighted by atomic mass is 32.2. The second-order valence-corrected chi connectivity index (χ2v) is 6.92. The first-order chi connectivity index (χ1) is 9.88. The van der Waals surface area contributed by atoms with Gasteiger partial charge in [-0.3, -0.25) is 0 Å². The van der Waals surface area contributed by atoms with Crippen LogP contribution in [0, 0.1) is 6.92 Å². The van der Waals surface area contributed by atoms with Crippen molar-refractivity contribution in [2.24, 2.45) is 0 Å². The molecule has 0 spiro atoms. The molecule has 1 N–H and O–H groups in total. The molecule has 2 aromatic rings. The first-order valence-electron chi connectivity index (χ1n) is 6.77. The minimum absolute atomic E-state index is 0.162. The number of rotatable bonds is 6. The summed E-state index contributed by atoms with van der Waals surface area (Å²) in [4.78, 5) is 0.260. The highest BCUT2D eigenvalue weighted by molar-refractivity contribution is 7.89. The van der Waals surface area contributed by atoms with Crippen molar-refractivity contribution in [3.63, 3.8) is 0 Å². The molecule has 0 aliphatic heterocycles. The molecule has 1 heterocycles. The van der Waals surface area contributed by atoms with Gasteiger partial charge in [-0.25, -0.2) is 13.1 Å². The van der Waals surface area contributed by atoms with Crippen LogP contribution in [0.1, 0.15) is 37.1 Å². The molecular formula is C14H19N3O3S. The summed E-state index contributed by atoms with van der Waals surface area (Å²) in [6, 6.07) is 6.77. The zero-order chi connectivity index (χ0) is 15.5. The minimum Gasteiger partial charge on any atom is -0.425 e. The second kappa shape index (κ2) is 6.36. The van der Waals surface area contributed by atoms with E-state index in [-0.39, 0.29) is 17.4 Å². The number of nitrogens with one attached hydrogen (secondary N) is 1. The standard InChI is InChI=1S/C14H19N3O3S/c1-10(2)14-17-16-13(20-14)7-8-15-21(18,19)12-6-4-5-11(3)9-12/h4-6,9-10,15H,7-8H2,1-3H3. The van der Waals surface area contributed by atoms with E-state index in [1.165, 1.54) is 0 Å². The van der Waals surface area contributed by atoms with Crippen LogP contribution in [-0.4, -0.2) is 25.2 Å². The van der Waals surface area contributed by atoms with E-state index in [1.54, 1.807) is 18.2 Å². The fourth-order valence-electron chi connectivity index (χ4n) is 1.76. The molecule has 2 rings (SSSR count). The van der Waals surface area contributed by atoms with Crippen LogP contribution in [0.3, 0.4) is 0 Å². The van der Waals surface area contributed by atoms with E-state index in [0.717, 1.165) is 5.56 Å². The molecule has 114 valence electrons. The summed E-state index contributed by atoms with van der Waals surface area (Å²) in [5.74, 6) is 1.16. The summed E-state index contributed by atoms with van der Waals surface area (Å²) in [5.41, 5.74) is 0.899. The van der Waals surface area contributed by atoms with E-state index in [4.69, 9.17) is 4.42 Å². The molecule has 1 aromatic heterocycles. The van der Waals surface area contributed by atoms with E-state index in [1.807, 2.05) is 26.8 Å². The second-order valence-electron chi connectivity index (χ2n) is 5.15. The lowest BCUT2D eigenvalue weighted by molar-refractivity contribution is 0.431. The van der Waals surface area contributed by atoms with Gasteiger partial charge in [0, 0.05) is 18.9 Å². The van der Waals surface area contributed by atoms with Gasteiger partial charge in [-0.05, 0) is 24.6 Å². The molecule has 0 unspecified atom stereocenters. The molecule has 0 bridgehead atoms. The van der Waals surface area contributed by atoms with Crippen LogP contribution in [0.5, 0.6) is 0 Å². The molecule has 0 saturated heterocycles. The van der Waals surface area contributed by atoms with Crippen LogP contribution in [0.25, 0.3) is 0 Å². The van der Waals surface area contributed by atoms with Gasteiger partial charge in [0.15, 0.2) is 0 Å². The third-order valence-electron chi connectivity index (χ3n) is 2.91. The fourth-order valence-corrected chi connectivity index (χ4v) is 2.90. The van der Waals surface area contributed by atoms with Gasteiger partial charge in [0.05, 0.1) is 4.90 Å². The molecule has 6 nitrogen and oxygen atoms in total. The highest BCUT2D eigenvalue weighted by Gasteiger charge is 2.15. The summed E-state index contributed by atoms with van der Waals surface area (Å²) in [6.45, 7) is 5.98. The average molecular weight is 309 g/mol. The van der Waals surface area contributed by atoms with Crippen molar-refractivity contribution in [3.05, 3.63) is 41.6 Å². The molecular weight excluding hydrogens is 290 g/mol. The Hall–Kier alpha value is -1.73. The minimum atomic E-state index is -3.50. The normalized spacial score (nSPS) is 12.0. The van der Waals surface area contributed by atoms with Crippen molar-refractivity contribution in [3.8, 4) is 0 Å². The maximum atomic E-state index is 12.1. The zero-order valence-corrected chi connectivity index (χ0v) is 13.1. The third-order valence-corrected chi connectivity index (χ3v) is 4.37. The van der Waals surface area contributed by atoms with E-state index >= 15 is 0 Å². The molecule has 0 radical (unpaired) electrons. The summed E-state index contributed by atoms with van der Waals surface area (Å²) >= 11 is 0. The first kappa shape index (κ1) is 15.7. The number of sulfonamides is 1. The van der Waals surface area contributed by atoms with Gasteiger partial charge >= 0.3 is 0 Å². The van der Waals surface area contributed by atoms with E-state index in [2.05, 4.69) is 14.9 Å². The Bertz CT molecular complexity index is 708. The van der Waals surface area contributed by atoms with Crippen molar-refractivity contribution >= 4 is 10.0 Å². The number of hydrogen-bond donors (Lipinski definition) is 1. The molecule has 0 saturated carbocycles. The molecule has 0 aliphatic rings. The summed E-state index contributed by atoms with van der Waals surface area (Å²) < 4.78 is 32.2. The van der Waals surface area contributed by atoms with Crippen molar-refractivity contribution in [2.75, 3.05) is 6.54 Å². The van der Waals surface area contributed by atoms with Crippen molar-refractivity contribution in [1.82, 2.24) is 14.9 Å². The Labute approximate surface area is 124 Å². The van der Waals surface area contributed by atoms with Crippen LogP contribution in [0.15, 0.2) is 33.6 Å². The molecule has 1 aromatic carbocycles. The van der Waals surface area contributed by atoms with Gasteiger partial charge in [-0.15, -0.1) is 10.2 Å². The Balaban J connectivity index is 1.96. The number of aromatic nitrogens is 2. The lowest BCUT2D eigenvalue weighted by Gasteiger charge is -2.06. The highest BCUT2D eigenvalue weighted by Crippen LogP contribution is 2.13. The SMILES string of the molecule is Cc1cccc(S(=O)(=O)NCCc2nnc(C(C)C)o2)c1. The van der Waals surface area contributed by atoms with Gasteiger partial charge in [-0.2, -0.15) is 0 Å². The van der Waals surface area contributed by atoms with E-state index < -0.39 is 10.0 Å². The quantitative estimate of drug-likeness (QED) is 0.882.